The molecular weight excluding hydrogens is 344 g/mol. The number of allylic oxidation sites excluding steroid dienone is 1. The van der Waals surface area contributed by atoms with E-state index in [4.69, 9.17) is 14.2 Å². The van der Waals surface area contributed by atoms with Crippen LogP contribution >= 0.6 is 0 Å². The van der Waals surface area contributed by atoms with E-state index >= 15 is 0 Å². The lowest BCUT2D eigenvalue weighted by atomic mass is 9.90. The molecule has 0 radical (unpaired) electrons. The van der Waals surface area contributed by atoms with Crippen LogP contribution in [-0.2, 0) is 14.2 Å². The molecule has 5 unspecified atom stereocenters. The molecule has 3 aliphatic rings. The average molecular weight is 383 g/mol. The van der Waals surface area contributed by atoms with E-state index in [1.165, 1.54) is 38.5 Å². The monoisotopic (exact) mass is 382 g/mol. The van der Waals surface area contributed by atoms with Gasteiger partial charge in [-0.1, -0.05) is 51.2 Å². The molecule has 27 heavy (non-hydrogen) atoms. The summed E-state index contributed by atoms with van der Waals surface area (Å²) in [6, 6.07) is 0. The summed E-state index contributed by atoms with van der Waals surface area (Å²) in [6.45, 7) is 3.03. The fraction of sp³-hybridized carbons (Fsp3) is 0.909. The number of fused-ring (bicyclic) bond motifs is 1. The molecule has 0 aromatic rings. The molecule has 2 aliphatic heterocycles. The molecule has 1 saturated carbocycles. The van der Waals surface area contributed by atoms with E-state index in [-0.39, 0.29) is 24.2 Å². The topological polar surface area (TPSA) is 68.2 Å². The fourth-order valence-corrected chi connectivity index (χ4v) is 4.77. The Hall–Kier alpha value is -0.460. The summed E-state index contributed by atoms with van der Waals surface area (Å²) < 4.78 is 17.4. The molecule has 2 saturated heterocycles. The van der Waals surface area contributed by atoms with Crippen molar-refractivity contribution in [2.75, 3.05) is 6.61 Å². The highest BCUT2D eigenvalue weighted by atomic mass is 16.7. The van der Waals surface area contributed by atoms with Crippen molar-refractivity contribution in [1.82, 2.24) is 0 Å². The minimum Gasteiger partial charge on any atom is -0.368 e. The van der Waals surface area contributed by atoms with E-state index in [1.54, 1.807) is 0 Å². The van der Waals surface area contributed by atoms with E-state index in [0.717, 1.165) is 32.3 Å². The molecule has 2 heterocycles. The first-order valence-corrected chi connectivity index (χ1v) is 11.1. The fourth-order valence-electron chi connectivity index (χ4n) is 4.77. The van der Waals surface area contributed by atoms with Crippen LogP contribution in [0, 0.1) is 11.8 Å². The molecule has 5 nitrogen and oxygen atoms in total. The SMILES string of the molecule is CCCCCCC[C@@H](C=CC1CCC2(O)OC(O)CC12)OC1CCCCO1. The third kappa shape index (κ3) is 6.01. The van der Waals surface area contributed by atoms with Crippen molar-refractivity contribution < 1.29 is 24.4 Å². The molecule has 2 N–H and O–H groups in total. The van der Waals surface area contributed by atoms with Gasteiger partial charge in [-0.2, -0.15) is 0 Å². The minimum absolute atomic E-state index is 0.0140. The summed E-state index contributed by atoms with van der Waals surface area (Å²) in [5.41, 5.74) is 0. The summed E-state index contributed by atoms with van der Waals surface area (Å²) in [7, 11) is 0. The van der Waals surface area contributed by atoms with Crippen molar-refractivity contribution in [2.45, 2.75) is 108 Å². The van der Waals surface area contributed by atoms with Crippen LogP contribution in [0.1, 0.15) is 84.0 Å². The number of aliphatic hydroxyl groups is 2. The largest absolute Gasteiger partial charge is 0.368 e. The van der Waals surface area contributed by atoms with Crippen LogP contribution in [0.15, 0.2) is 12.2 Å². The maximum Gasteiger partial charge on any atom is 0.172 e. The van der Waals surface area contributed by atoms with Crippen molar-refractivity contribution in [2.24, 2.45) is 11.8 Å². The second kappa shape index (κ2) is 10.4. The number of aliphatic hydroxyl groups excluding tert-OH is 1. The normalized spacial score (nSPS) is 37.7. The molecule has 5 heteroatoms. The van der Waals surface area contributed by atoms with Gasteiger partial charge >= 0.3 is 0 Å². The van der Waals surface area contributed by atoms with Crippen LogP contribution in [0.5, 0.6) is 0 Å². The molecule has 3 rings (SSSR count). The van der Waals surface area contributed by atoms with Crippen molar-refractivity contribution in [3.05, 3.63) is 12.2 Å². The summed E-state index contributed by atoms with van der Waals surface area (Å²) in [4.78, 5) is 0. The molecular formula is C22H38O5. The quantitative estimate of drug-likeness (QED) is 0.436. The van der Waals surface area contributed by atoms with Gasteiger partial charge in [0.05, 0.1) is 6.10 Å². The van der Waals surface area contributed by atoms with Crippen LogP contribution in [-0.4, -0.2) is 41.3 Å². The maximum absolute atomic E-state index is 10.6. The van der Waals surface area contributed by atoms with Gasteiger partial charge in [-0.15, -0.1) is 0 Å². The van der Waals surface area contributed by atoms with Crippen molar-refractivity contribution in [3.63, 3.8) is 0 Å². The lowest BCUT2D eigenvalue weighted by Crippen LogP contribution is -2.32. The molecule has 0 bridgehead atoms. The number of rotatable bonds is 10. The Morgan fingerprint density at radius 3 is 2.81 bits per heavy atom. The van der Waals surface area contributed by atoms with Crippen LogP contribution < -0.4 is 0 Å². The van der Waals surface area contributed by atoms with Crippen molar-refractivity contribution >= 4 is 0 Å². The van der Waals surface area contributed by atoms with Crippen LogP contribution in [0.3, 0.4) is 0 Å². The lowest BCUT2D eigenvalue weighted by molar-refractivity contribution is -0.241. The van der Waals surface area contributed by atoms with Gasteiger partial charge in [0.25, 0.3) is 0 Å². The molecule has 156 valence electrons. The molecule has 0 aromatic heterocycles. The smallest absolute Gasteiger partial charge is 0.172 e. The molecule has 0 amide bonds. The van der Waals surface area contributed by atoms with Crippen LogP contribution in [0.25, 0.3) is 0 Å². The molecule has 0 spiro atoms. The molecule has 3 fully saturated rings. The van der Waals surface area contributed by atoms with Gasteiger partial charge in [-0.25, -0.2) is 0 Å². The second-order valence-electron chi connectivity index (χ2n) is 8.52. The standard InChI is InChI=1S/C22H38O5/c1-2-3-4-5-6-9-18(26-21-10-7-8-15-25-21)12-11-17-13-14-22(24)19(17)16-20(23)27-22/h11-12,17-21,23-24H,2-10,13-16H2,1H3/t17?,18-,19?,20?,21?,22?/m0/s1. The Bertz CT molecular complexity index is 462. The van der Waals surface area contributed by atoms with E-state index in [0.29, 0.717) is 12.8 Å². The Labute approximate surface area is 164 Å². The zero-order valence-electron chi connectivity index (χ0n) is 16.9. The molecule has 6 atom stereocenters. The van der Waals surface area contributed by atoms with Gasteiger partial charge in [0.15, 0.2) is 18.4 Å². The molecule has 0 aromatic carbocycles. The third-order valence-corrected chi connectivity index (χ3v) is 6.36. The Morgan fingerprint density at radius 2 is 2.04 bits per heavy atom. The van der Waals surface area contributed by atoms with Crippen LogP contribution in [0.2, 0.25) is 0 Å². The predicted molar refractivity (Wildman–Crippen MR) is 104 cm³/mol. The number of hydrogen-bond acceptors (Lipinski definition) is 5. The Balaban J connectivity index is 1.53. The van der Waals surface area contributed by atoms with Crippen molar-refractivity contribution in [1.29, 1.82) is 0 Å². The highest BCUT2D eigenvalue weighted by Crippen LogP contribution is 2.49. The van der Waals surface area contributed by atoms with E-state index in [1.807, 2.05) is 0 Å². The first-order valence-electron chi connectivity index (χ1n) is 11.1. The first kappa shape index (κ1) is 21.3. The van der Waals surface area contributed by atoms with Gasteiger partial charge in [-0.05, 0) is 38.0 Å². The highest BCUT2D eigenvalue weighted by Gasteiger charge is 2.54. The zero-order valence-corrected chi connectivity index (χ0v) is 16.9. The number of unbranched alkanes of at least 4 members (excludes halogenated alkanes) is 4. The van der Waals surface area contributed by atoms with Gasteiger partial charge < -0.3 is 24.4 Å². The second-order valence-corrected chi connectivity index (χ2v) is 8.52. The van der Waals surface area contributed by atoms with E-state index in [9.17, 15) is 10.2 Å². The van der Waals surface area contributed by atoms with E-state index in [2.05, 4.69) is 19.1 Å². The highest BCUT2D eigenvalue weighted by molar-refractivity contribution is 5.05. The Kier molecular flexibility index (Phi) is 8.15. The molecule has 1 aliphatic carbocycles. The van der Waals surface area contributed by atoms with Gasteiger partial charge in [0, 0.05) is 25.4 Å². The lowest BCUT2D eigenvalue weighted by Gasteiger charge is -2.27. The minimum atomic E-state index is -1.14. The van der Waals surface area contributed by atoms with Gasteiger partial charge in [-0.3, -0.25) is 0 Å². The number of ether oxygens (including phenoxy) is 3. The predicted octanol–water partition coefficient (Wildman–Crippen LogP) is 4.27. The average Bonchev–Trinajstić information content (AvgIpc) is 3.12. The first-order chi connectivity index (χ1) is 13.1. The maximum atomic E-state index is 10.6. The Morgan fingerprint density at radius 1 is 1.19 bits per heavy atom. The van der Waals surface area contributed by atoms with Gasteiger partial charge in [0.1, 0.15) is 0 Å². The summed E-state index contributed by atoms with van der Waals surface area (Å²) in [5, 5.41) is 20.3. The van der Waals surface area contributed by atoms with Gasteiger partial charge in [0.2, 0.25) is 0 Å². The van der Waals surface area contributed by atoms with Crippen LogP contribution in [0.4, 0.5) is 0 Å². The summed E-state index contributed by atoms with van der Waals surface area (Å²) >= 11 is 0. The number of hydrogen-bond donors (Lipinski definition) is 2. The zero-order chi connectivity index (χ0) is 19.1. The third-order valence-electron chi connectivity index (χ3n) is 6.36. The van der Waals surface area contributed by atoms with E-state index < -0.39 is 12.1 Å². The summed E-state index contributed by atoms with van der Waals surface area (Å²) in [5.74, 6) is -0.914. The van der Waals surface area contributed by atoms with Crippen molar-refractivity contribution in [3.8, 4) is 0 Å². The summed E-state index contributed by atoms with van der Waals surface area (Å²) in [6.07, 6.45) is 16.1.